The summed E-state index contributed by atoms with van der Waals surface area (Å²) >= 11 is 0. The summed E-state index contributed by atoms with van der Waals surface area (Å²) < 4.78 is 10.4. The highest BCUT2D eigenvalue weighted by atomic mass is 16.5. The maximum Gasteiger partial charge on any atom is 0.321 e. The van der Waals surface area contributed by atoms with Crippen LogP contribution in [-0.4, -0.2) is 60.8 Å². The Morgan fingerprint density at radius 1 is 1.35 bits per heavy atom. The highest BCUT2D eigenvalue weighted by Gasteiger charge is 2.57. The minimum Gasteiger partial charge on any atom is -0.465 e. The van der Waals surface area contributed by atoms with E-state index < -0.39 is 5.41 Å². The maximum atomic E-state index is 12.0. The van der Waals surface area contributed by atoms with Gasteiger partial charge in [0.25, 0.3) is 5.95 Å². The number of ether oxygens (including phenoxy) is 1. The summed E-state index contributed by atoms with van der Waals surface area (Å²) in [6.07, 6.45) is 1.46. The first-order chi connectivity index (χ1) is 9.65. The molecule has 0 unspecified atom stereocenters. The number of esters is 1. The molecule has 0 bridgehead atoms. The third-order valence-corrected chi connectivity index (χ3v) is 4.03. The van der Waals surface area contributed by atoms with Gasteiger partial charge in [-0.3, -0.25) is 4.79 Å². The Morgan fingerprint density at radius 2 is 2.05 bits per heavy atom. The number of hydrogen-bond acceptors (Lipinski definition) is 7. The second-order valence-corrected chi connectivity index (χ2v) is 5.49. The van der Waals surface area contributed by atoms with E-state index in [9.17, 15) is 4.79 Å². The first-order valence-corrected chi connectivity index (χ1v) is 7.10. The predicted molar refractivity (Wildman–Crippen MR) is 71.6 cm³/mol. The zero-order valence-corrected chi connectivity index (χ0v) is 12.0. The van der Waals surface area contributed by atoms with E-state index in [1.807, 2.05) is 0 Å². The number of anilines is 1. The summed E-state index contributed by atoms with van der Waals surface area (Å²) in [6, 6.07) is 0. The van der Waals surface area contributed by atoms with Gasteiger partial charge in [0.2, 0.25) is 5.89 Å². The quantitative estimate of drug-likeness (QED) is 0.740. The molecule has 2 aliphatic rings. The zero-order valence-electron chi connectivity index (χ0n) is 12.0. The molecule has 0 atom stereocenters. The molecule has 0 aromatic carbocycles. The van der Waals surface area contributed by atoms with Crippen LogP contribution in [0.25, 0.3) is 0 Å². The van der Waals surface area contributed by atoms with Crippen LogP contribution in [0.15, 0.2) is 4.52 Å². The van der Waals surface area contributed by atoms with Crippen LogP contribution in [0.2, 0.25) is 0 Å². The van der Waals surface area contributed by atoms with Gasteiger partial charge in [-0.05, 0) is 32.0 Å². The van der Waals surface area contributed by atoms with E-state index in [1.54, 1.807) is 6.92 Å². The Kier molecular flexibility index (Phi) is 3.37. The number of hydrogen-bond donors (Lipinski definition) is 0. The van der Waals surface area contributed by atoms with Crippen molar-refractivity contribution in [3.63, 3.8) is 0 Å². The van der Waals surface area contributed by atoms with E-state index in [2.05, 4.69) is 27.0 Å². The van der Waals surface area contributed by atoms with Crippen molar-refractivity contribution in [1.82, 2.24) is 15.0 Å². The van der Waals surface area contributed by atoms with Crippen molar-refractivity contribution in [3.05, 3.63) is 5.89 Å². The van der Waals surface area contributed by atoms with Crippen molar-refractivity contribution >= 4 is 11.9 Å². The SMILES string of the molecule is CCOC(=O)C1(c2nc(N3CCN(C)CC3)no2)CC1. The van der Waals surface area contributed by atoms with Gasteiger partial charge in [0.05, 0.1) is 6.61 Å². The molecule has 1 saturated carbocycles. The van der Waals surface area contributed by atoms with Crippen LogP contribution in [0.5, 0.6) is 0 Å². The number of carbonyl (C=O) groups excluding carboxylic acids is 1. The highest BCUT2D eigenvalue weighted by Crippen LogP contribution is 2.48. The molecule has 20 heavy (non-hydrogen) atoms. The molecule has 1 aromatic heterocycles. The molecule has 7 heteroatoms. The Bertz CT molecular complexity index is 490. The normalized spacial score (nSPS) is 21.8. The van der Waals surface area contributed by atoms with E-state index in [0.29, 0.717) is 18.4 Å². The average Bonchev–Trinajstić information content (AvgIpc) is 3.12. The van der Waals surface area contributed by atoms with Crippen molar-refractivity contribution in [1.29, 1.82) is 0 Å². The van der Waals surface area contributed by atoms with Gasteiger partial charge >= 0.3 is 5.97 Å². The Hall–Kier alpha value is -1.63. The molecule has 0 amide bonds. The number of piperazine rings is 1. The van der Waals surface area contributed by atoms with Gasteiger partial charge in [-0.15, -0.1) is 0 Å². The lowest BCUT2D eigenvalue weighted by atomic mass is 10.1. The van der Waals surface area contributed by atoms with Gasteiger partial charge in [-0.25, -0.2) is 0 Å². The van der Waals surface area contributed by atoms with Gasteiger partial charge < -0.3 is 19.1 Å². The van der Waals surface area contributed by atoms with Crippen molar-refractivity contribution in [3.8, 4) is 0 Å². The summed E-state index contributed by atoms with van der Waals surface area (Å²) in [7, 11) is 2.10. The number of rotatable bonds is 4. The largest absolute Gasteiger partial charge is 0.465 e. The standard InChI is InChI=1S/C13H20N4O3/c1-3-19-11(18)13(4-5-13)10-14-12(15-20-10)17-8-6-16(2)7-9-17/h3-9H2,1-2H3. The summed E-state index contributed by atoms with van der Waals surface area (Å²) in [5.41, 5.74) is -0.673. The molecule has 2 heterocycles. The summed E-state index contributed by atoms with van der Waals surface area (Å²) in [5, 5.41) is 4.03. The van der Waals surface area contributed by atoms with Crippen molar-refractivity contribution in [2.45, 2.75) is 25.2 Å². The zero-order chi connectivity index (χ0) is 14.2. The fraction of sp³-hybridized carbons (Fsp3) is 0.769. The van der Waals surface area contributed by atoms with Crippen LogP contribution in [-0.2, 0) is 14.9 Å². The molecule has 1 aliphatic heterocycles. The second-order valence-electron chi connectivity index (χ2n) is 5.49. The molecule has 1 aliphatic carbocycles. The monoisotopic (exact) mass is 280 g/mol. The summed E-state index contributed by atoms with van der Waals surface area (Å²) in [6.45, 7) is 5.89. The topological polar surface area (TPSA) is 71.7 Å². The molecule has 7 nitrogen and oxygen atoms in total. The fourth-order valence-electron chi connectivity index (χ4n) is 2.44. The van der Waals surface area contributed by atoms with E-state index in [-0.39, 0.29) is 5.97 Å². The summed E-state index contributed by atoms with van der Waals surface area (Å²) in [5.74, 6) is 0.752. The van der Waals surface area contributed by atoms with Crippen LogP contribution in [0.1, 0.15) is 25.7 Å². The molecule has 0 radical (unpaired) electrons. The molecule has 1 saturated heterocycles. The Balaban J connectivity index is 1.72. The van der Waals surface area contributed by atoms with Gasteiger partial charge in [0.15, 0.2) is 0 Å². The number of nitrogens with zero attached hydrogens (tertiary/aromatic N) is 4. The van der Waals surface area contributed by atoms with Crippen molar-refractivity contribution < 1.29 is 14.1 Å². The van der Waals surface area contributed by atoms with Crippen molar-refractivity contribution in [2.24, 2.45) is 0 Å². The molecule has 0 spiro atoms. The van der Waals surface area contributed by atoms with E-state index in [4.69, 9.17) is 9.26 Å². The average molecular weight is 280 g/mol. The molecular weight excluding hydrogens is 260 g/mol. The first kappa shape index (κ1) is 13.4. The van der Waals surface area contributed by atoms with Crippen molar-refractivity contribution in [2.75, 3.05) is 44.7 Å². The minimum absolute atomic E-state index is 0.242. The third-order valence-electron chi connectivity index (χ3n) is 4.03. The van der Waals surface area contributed by atoms with Crippen LogP contribution in [0.4, 0.5) is 5.95 Å². The fourth-order valence-corrected chi connectivity index (χ4v) is 2.44. The number of carbonyl (C=O) groups is 1. The molecule has 2 fully saturated rings. The van der Waals surface area contributed by atoms with Gasteiger partial charge in [-0.1, -0.05) is 0 Å². The lowest BCUT2D eigenvalue weighted by molar-refractivity contribution is -0.146. The lowest BCUT2D eigenvalue weighted by Gasteiger charge is -2.31. The molecular formula is C13H20N4O3. The minimum atomic E-state index is -0.673. The van der Waals surface area contributed by atoms with Gasteiger partial charge in [-0.2, -0.15) is 4.98 Å². The molecule has 110 valence electrons. The molecule has 0 N–H and O–H groups in total. The smallest absolute Gasteiger partial charge is 0.321 e. The van der Waals surface area contributed by atoms with E-state index in [1.165, 1.54) is 0 Å². The van der Waals surface area contributed by atoms with E-state index in [0.717, 1.165) is 39.0 Å². The Labute approximate surface area is 117 Å². The van der Waals surface area contributed by atoms with Crippen LogP contribution in [0, 0.1) is 0 Å². The van der Waals surface area contributed by atoms with Gasteiger partial charge in [0, 0.05) is 26.2 Å². The van der Waals surface area contributed by atoms with Crippen LogP contribution >= 0.6 is 0 Å². The third kappa shape index (κ3) is 2.26. The second kappa shape index (κ2) is 5.05. The first-order valence-electron chi connectivity index (χ1n) is 7.10. The number of likely N-dealkylation sites (N-methyl/N-ethyl adjacent to an activating group) is 1. The predicted octanol–water partition coefficient (Wildman–Crippen LogP) is 0.416. The summed E-state index contributed by atoms with van der Waals surface area (Å²) in [4.78, 5) is 20.8. The highest BCUT2D eigenvalue weighted by molar-refractivity contribution is 5.85. The Morgan fingerprint density at radius 3 is 2.65 bits per heavy atom. The maximum absolute atomic E-state index is 12.0. The van der Waals surface area contributed by atoms with Crippen LogP contribution < -0.4 is 4.90 Å². The number of aromatic nitrogens is 2. The van der Waals surface area contributed by atoms with Gasteiger partial charge in [0.1, 0.15) is 5.41 Å². The lowest BCUT2D eigenvalue weighted by Crippen LogP contribution is -2.45. The van der Waals surface area contributed by atoms with E-state index >= 15 is 0 Å². The molecule has 1 aromatic rings. The van der Waals surface area contributed by atoms with Crippen LogP contribution in [0.3, 0.4) is 0 Å². The molecule has 3 rings (SSSR count).